The summed E-state index contributed by atoms with van der Waals surface area (Å²) in [5.74, 6) is 0.0862. The lowest BCUT2D eigenvalue weighted by atomic mass is 10.1. The van der Waals surface area contributed by atoms with Gasteiger partial charge in [0.25, 0.3) is 0 Å². The van der Waals surface area contributed by atoms with Gasteiger partial charge < -0.3 is 4.90 Å². The number of hydrogen-bond donors (Lipinski definition) is 0. The van der Waals surface area contributed by atoms with Crippen LogP contribution in [0.4, 0.5) is 0 Å². The fourth-order valence-corrected chi connectivity index (χ4v) is 2.42. The van der Waals surface area contributed by atoms with Crippen LogP contribution in [0.15, 0.2) is 53.0 Å². The van der Waals surface area contributed by atoms with Gasteiger partial charge in [-0.2, -0.15) is 0 Å². The summed E-state index contributed by atoms with van der Waals surface area (Å²) in [4.78, 5) is 13.9. The molecule has 0 aromatic heterocycles. The van der Waals surface area contributed by atoms with Gasteiger partial charge in [0.15, 0.2) is 0 Å². The van der Waals surface area contributed by atoms with Gasteiger partial charge in [0.2, 0.25) is 5.91 Å². The number of rotatable bonds is 4. The molecule has 0 spiro atoms. The largest absolute Gasteiger partial charge is 0.341 e. The normalized spacial score (nSPS) is 10.3. The van der Waals surface area contributed by atoms with Crippen molar-refractivity contribution < 1.29 is 4.79 Å². The predicted octanol–water partition coefficient (Wildman–Crippen LogP) is 4.30. The number of benzene rings is 2. The molecule has 0 aliphatic heterocycles. The summed E-state index contributed by atoms with van der Waals surface area (Å²) in [5.41, 5.74) is 2.07. The smallest absolute Gasteiger partial charge is 0.227 e. The van der Waals surface area contributed by atoms with Gasteiger partial charge in [0.1, 0.15) is 0 Å². The van der Waals surface area contributed by atoms with Gasteiger partial charge in [-0.1, -0.05) is 57.9 Å². The monoisotopic (exact) mass is 351 g/mol. The van der Waals surface area contributed by atoms with Crippen LogP contribution in [0.1, 0.15) is 11.1 Å². The summed E-state index contributed by atoms with van der Waals surface area (Å²) in [6.07, 6.45) is 0.387. The molecule has 0 N–H and O–H groups in total. The Morgan fingerprint density at radius 1 is 1.15 bits per heavy atom. The van der Waals surface area contributed by atoms with Gasteiger partial charge in [-0.15, -0.1) is 0 Å². The lowest BCUT2D eigenvalue weighted by Gasteiger charge is -2.18. The van der Waals surface area contributed by atoms with Crippen molar-refractivity contribution in [2.75, 3.05) is 7.05 Å². The van der Waals surface area contributed by atoms with Crippen molar-refractivity contribution >= 4 is 33.4 Å². The molecule has 0 saturated heterocycles. The lowest BCUT2D eigenvalue weighted by Crippen LogP contribution is -2.27. The molecule has 0 fully saturated rings. The van der Waals surface area contributed by atoms with Crippen LogP contribution in [0.2, 0.25) is 5.02 Å². The van der Waals surface area contributed by atoms with Crippen molar-refractivity contribution in [2.45, 2.75) is 13.0 Å². The van der Waals surface area contributed by atoms with Crippen LogP contribution in [0.3, 0.4) is 0 Å². The maximum absolute atomic E-state index is 12.2. The number of carbonyl (C=O) groups is 1. The number of nitrogens with zero attached hydrogens (tertiary/aromatic N) is 1. The molecular formula is C16H15BrClNO. The molecule has 0 heterocycles. The highest BCUT2D eigenvalue weighted by atomic mass is 79.9. The van der Waals surface area contributed by atoms with E-state index in [0.29, 0.717) is 18.0 Å². The van der Waals surface area contributed by atoms with Crippen LogP contribution in [0.5, 0.6) is 0 Å². The Bertz CT molecular complexity index is 598. The van der Waals surface area contributed by atoms with E-state index in [-0.39, 0.29) is 5.91 Å². The van der Waals surface area contributed by atoms with Crippen molar-refractivity contribution in [1.82, 2.24) is 4.90 Å². The molecule has 1 amide bonds. The van der Waals surface area contributed by atoms with E-state index >= 15 is 0 Å². The van der Waals surface area contributed by atoms with E-state index in [1.165, 1.54) is 0 Å². The van der Waals surface area contributed by atoms with Gasteiger partial charge in [-0.25, -0.2) is 0 Å². The summed E-state index contributed by atoms with van der Waals surface area (Å²) in [5, 5.41) is 0.683. The standard InChI is InChI=1S/C16H15BrClNO/c1-19(11-13-4-2-3-5-15(13)17)16(20)10-12-6-8-14(18)9-7-12/h2-9H,10-11H2,1H3. The molecule has 0 saturated carbocycles. The molecule has 0 bridgehead atoms. The van der Waals surface area contributed by atoms with Crippen LogP contribution in [0, 0.1) is 0 Å². The Hall–Kier alpha value is -1.32. The first-order chi connectivity index (χ1) is 9.56. The molecule has 2 aromatic rings. The zero-order chi connectivity index (χ0) is 14.5. The Morgan fingerprint density at radius 3 is 2.45 bits per heavy atom. The topological polar surface area (TPSA) is 20.3 Å². The third-order valence-electron chi connectivity index (χ3n) is 3.06. The lowest BCUT2D eigenvalue weighted by molar-refractivity contribution is -0.129. The molecule has 0 radical (unpaired) electrons. The average molecular weight is 353 g/mol. The van der Waals surface area contributed by atoms with Crippen molar-refractivity contribution in [2.24, 2.45) is 0 Å². The minimum Gasteiger partial charge on any atom is -0.341 e. The summed E-state index contributed by atoms with van der Waals surface area (Å²) >= 11 is 9.33. The summed E-state index contributed by atoms with van der Waals surface area (Å²) in [7, 11) is 1.82. The highest BCUT2D eigenvalue weighted by molar-refractivity contribution is 9.10. The number of likely N-dealkylation sites (N-methyl/N-ethyl adjacent to an activating group) is 1. The van der Waals surface area contributed by atoms with Gasteiger partial charge in [0, 0.05) is 23.1 Å². The first-order valence-electron chi connectivity index (χ1n) is 6.28. The Kier molecular flexibility index (Phi) is 5.21. The van der Waals surface area contributed by atoms with E-state index in [4.69, 9.17) is 11.6 Å². The third-order valence-corrected chi connectivity index (χ3v) is 4.09. The van der Waals surface area contributed by atoms with Gasteiger partial charge >= 0.3 is 0 Å². The van der Waals surface area contributed by atoms with E-state index in [2.05, 4.69) is 15.9 Å². The number of hydrogen-bond acceptors (Lipinski definition) is 1. The Labute approximate surface area is 132 Å². The van der Waals surface area contributed by atoms with Crippen molar-refractivity contribution in [1.29, 1.82) is 0 Å². The van der Waals surface area contributed by atoms with Crippen molar-refractivity contribution in [3.8, 4) is 0 Å². The Morgan fingerprint density at radius 2 is 1.80 bits per heavy atom. The minimum absolute atomic E-state index is 0.0862. The molecule has 2 rings (SSSR count). The number of halogens is 2. The maximum atomic E-state index is 12.2. The van der Waals surface area contributed by atoms with Gasteiger partial charge in [-0.3, -0.25) is 4.79 Å². The first kappa shape index (κ1) is 15.1. The summed E-state index contributed by atoms with van der Waals surface area (Å²) < 4.78 is 1.02. The second-order valence-corrected chi connectivity index (χ2v) is 5.94. The third kappa shape index (κ3) is 4.09. The molecule has 2 nitrogen and oxygen atoms in total. The summed E-state index contributed by atoms with van der Waals surface area (Å²) in [6, 6.07) is 15.3. The molecule has 0 aliphatic rings. The van der Waals surface area contributed by atoms with Crippen LogP contribution >= 0.6 is 27.5 Å². The molecule has 20 heavy (non-hydrogen) atoms. The zero-order valence-corrected chi connectivity index (χ0v) is 13.5. The fraction of sp³-hybridized carbons (Fsp3) is 0.188. The van der Waals surface area contributed by atoms with Crippen LogP contribution in [0.25, 0.3) is 0 Å². The molecule has 0 atom stereocenters. The quantitative estimate of drug-likeness (QED) is 0.803. The predicted molar refractivity (Wildman–Crippen MR) is 85.8 cm³/mol. The highest BCUT2D eigenvalue weighted by Gasteiger charge is 2.11. The van der Waals surface area contributed by atoms with E-state index in [0.717, 1.165) is 15.6 Å². The fourth-order valence-electron chi connectivity index (χ4n) is 1.88. The highest BCUT2D eigenvalue weighted by Crippen LogP contribution is 2.18. The molecule has 0 unspecified atom stereocenters. The van der Waals surface area contributed by atoms with Crippen LogP contribution < -0.4 is 0 Å². The maximum Gasteiger partial charge on any atom is 0.227 e. The van der Waals surface area contributed by atoms with Crippen LogP contribution in [-0.4, -0.2) is 17.9 Å². The second-order valence-electron chi connectivity index (χ2n) is 4.64. The number of amides is 1. The molecule has 2 aromatic carbocycles. The van der Waals surface area contributed by atoms with Crippen LogP contribution in [-0.2, 0) is 17.8 Å². The van der Waals surface area contributed by atoms with Crippen molar-refractivity contribution in [3.63, 3.8) is 0 Å². The summed E-state index contributed by atoms with van der Waals surface area (Å²) in [6.45, 7) is 0.591. The van der Waals surface area contributed by atoms with E-state index in [1.807, 2.05) is 43.4 Å². The van der Waals surface area contributed by atoms with E-state index < -0.39 is 0 Å². The molecule has 0 aliphatic carbocycles. The second kappa shape index (κ2) is 6.91. The average Bonchev–Trinajstić information content (AvgIpc) is 2.44. The minimum atomic E-state index is 0.0862. The molecular weight excluding hydrogens is 338 g/mol. The number of carbonyl (C=O) groups excluding carboxylic acids is 1. The van der Waals surface area contributed by atoms with Gasteiger partial charge in [-0.05, 0) is 29.3 Å². The zero-order valence-electron chi connectivity index (χ0n) is 11.1. The Balaban J connectivity index is 1.99. The molecule has 104 valence electrons. The van der Waals surface area contributed by atoms with E-state index in [1.54, 1.807) is 17.0 Å². The van der Waals surface area contributed by atoms with E-state index in [9.17, 15) is 4.79 Å². The SMILES string of the molecule is CN(Cc1ccccc1Br)C(=O)Cc1ccc(Cl)cc1. The van der Waals surface area contributed by atoms with Gasteiger partial charge in [0.05, 0.1) is 6.42 Å². The first-order valence-corrected chi connectivity index (χ1v) is 7.45. The molecule has 4 heteroatoms. The van der Waals surface area contributed by atoms with Crippen molar-refractivity contribution in [3.05, 3.63) is 69.2 Å².